The largest absolute Gasteiger partial charge is 0.354 e. The van der Waals surface area contributed by atoms with Gasteiger partial charge in [0.05, 0.1) is 5.70 Å². The third kappa shape index (κ3) is 3.76. The first kappa shape index (κ1) is 17.9. The number of hydrogen-bond acceptors (Lipinski definition) is 4. The Morgan fingerprint density at radius 1 is 1.18 bits per heavy atom. The summed E-state index contributed by atoms with van der Waals surface area (Å²) in [4.78, 5) is 12.4. The molecule has 0 radical (unpaired) electrons. The highest BCUT2D eigenvalue weighted by Crippen LogP contribution is 2.40. The van der Waals surface area contributed by atoms with Gasteiger partial charge in [-0.1, -0.05) is 24.3 Å². The summed E-state index contributed by atoms with van der Waals surface area (Å²) in [6.45, 7) is 0. The van der Waals surface area contributed by atoms with Crippen molar-refractivity contribution in [2.45, 2.75) is 18.8 Å². The second-order valence-corrected chi connectivity index (χ2v) is 6.70. The van der Waals surface area contributed by atoms with E-state index in [-0.39, 0.29) is 22.6 Å². The molecule has 1 fully saturated rings. The number of hydrogen-bond donors (Lipinski definition) is 2. The zero-order valence-electron chi connectivity index (χ0n) is 15.1. The maximum absolute atomic E-state index is 14.6. The van der Waals surface area contributed by atoms with Crippen molar-refractivity contribution in [3.05, 3.63) is 94.2 Å². The van der Waals surface area contributed by atoms with Crippen LogP contribution in [0.2, 0.25) is 0 Å². The first-order chi connectivity index (χ1) is 13.7. The topological polar surface area (TPSA) is 70.8 Å². The second-order valence-electron chi connectivity index (χ2n) is 6.70. The molecule has 2 N–H and O–H groups in total. The molecule has 140 valence electrons. The van der Waals surface area contributed by atoms with E-state index >= 15 is 0 Å². The molecule has 4 rings (SSSR count). The van der Waals surface area contributed by atoms with Gasteiger partial charge >= 0.3 is 0 Å². The van der Waals surface area contributed by atoms with Crippen LogP contribution in [0, 0.1) is 11.2 Å². The molecule has 5 nitrogen and oxygen atoms in total. The molecule has 0 unspecified atom stereocenters. The van der Waals surface area contributed by atoms with E-state index in [0.29, 0.717) is 11.6 Å². The average molecular weight is 374 g/mol. The molecular formula is C22H19FN4O. The van der Waals surface area contributed by atoms with Gasteiger partial charge in [0.15, 0.2) is 5.69 Å². The minimum Gasteiger partial charge on any atom is -0.354 e. The van der Waals surface area contributed by atoms with Crippen molar-refractivity contribution in [3.8, 4) is 5.69 Å². The van der Waals surface area contributed by atoms with Crippen molar-refractivity contribution in [1.82, 2.24) is 9.78 Å². The first-order valence-electron chi connectivity index (χ1n) is 9.09. The number of aromatic nitrogens is 2. The second kappa shape index (κ2) is 7.60. The van der Waals surface area contributed by atoms with E-state index in [1.54, 1.807) is 12.1 Å². The lowest BCUT2D eigenvalue weighted by Gasteiger charge is -2.13. The number of allylic oxidation sites excluding steroid dienone is 1. The Morgan fingerprint density at radius 2 is 1.96 bits per heavy atom. The van der Waals surface area contributed by atoms with Crippen LogP contribution >= 0.6 is 0 Å². The van der Waals surface area contributed by atoms with E-state index < -0.39 is 0 Å². The van der Waals surface area contributed by atoms with E-state index in [1.807, 2.05) is 36.4 Å². The van der Waals surface area contributed by atoms with E-state index in [0.717, 1.165) is 30.3 Å². The Bertz CT molecular complexity index is 1100. The summed E-state index contributed by atoms with van der Waals surface area (Å²) in [5.74, 6) is 0.0818. The number of rotatable bonds is 6. The van der Waals surface area contributed by atoms with Gasteiger partial charge < -0.3 is 10.7 Å². The molecule has 3 aromatic rings. The minimum atomic E-state index is -0.375. The molecule has 0 spiro atoms. The molecule has 2 aromatic carbocycles. The van der Waals surface area contributed by atoms with Gasteiger partial charge in [0.25, 0.3) is 0 Å². The first-order valence-corrected chi connectivity index (χ1v) is 9.09. The molecule has 1 saturated carbocycles. The van der Waals surface area contributed by atoms with E-state index in [1.165, 1.54) is 23.0 Å². The monoisotopic (exact) mass is 374 g/mol. The normalized spacial score (nSPS) is 14.0. The van der Waals surface area contributed by atoms with E-state index in [2.05, 4.69) is 10.4 Å². The van der Waals surface area contributed by atoms with Crippen molar-refractivity contribution in [3.63, 3.8) is 0 Å². The Hall–Kier alpha value is -3.54. The molecule has 0 bridgehead atoms. The Labute approximate surface area is 161 Å². The molecule has 1 aromatic heterocycles. The summed E-state index contributed by atoms with van der Waals surface area (Å²) in [5.41, 5.74) is 2.20. The predicted octanol–water partition coefficient (Wildman–Crippen LogP) is 4.35. The molecular weight excluding hydrogens is 355 g/mol. The van der Waals surface area contributed by atoms with Crippen LogP contribution in [0.1, 0.15) is 30.0 Å². The Morgan fingerprint density at radius 3 is 2.64 bits per heavy atom. The van der Waals surface area contributed by atoms with Crippen LogP contribution in [0.15, 0.2) is 71.7 Å². The summed E-state index contributed by atoms with van der Waals surface area (Å²) < 4.78 is 16.0. The fourth-order valence-corrected chi connectivity index (χ4v) is 3.05. The summed E-state index contributed by atoms with van der Waals surface area (Å²) >= 11 is 0. The lowest BCUT2D eigenvalue weighted by Crippen LogP contribution is -2.19. The number of benzene rings is 2. The van der Waals surface area contributed by atoms with Crippen LogP contribution in [0.5, 0.6) is 0 Å². The zero-order valence-corrected chi connectivity index (χ0v) is 15.1. The van der Waals surface area contributed by atoms with Gasteiger partial charge in [-0.3, -0.25) is 4.79 Å². The van der Waals surface area contributed by atoms with Gasteiger partial charge in [-0.05, 0) is 54.7 Å². The van der Waals surface area contributed by atoms with Gasteiger partial charge in [-0.2, -0.15) is 5.10 Å². The number of nitrogens with zero attached hydrogens (tertiary/aromatic N) is 2. The van der Waals surface area contributed by atoms with Crippen molar-refractivity contribution in [2.75, 3.05) is 5.32 Å². The Kier molecular flexibility index (Phi) is 4.85. The molecule has 0 saturated heterocycles. The fraction of sp³-hybridized carbons (Fsp3) is 0.136. The molecule has 1 aliphatic rings. The predicted molar refractivity (Wildman–Crippen MR) is 109 cm³/mol. The highest BCUT2D eigenvalue weighted by atomic mass is 19.1. The number of anilines is 1. The van der Waals surface area contributed by atoms with Crippen molar-refractivity contribution >= 4 is 17.6 Å². The van der Waals surface area contributed by atoms with Crippen molar-refractivity contribution in [2.24, 2.45) is 0 Å². The summed E-state index contributed by atoms with van der Waals surface area (Å²) in [5, 5.41) is 14.8. The van der Waals surface area contributed by atoms with Crippen molar-refractivity contribution in [1.29, 1.82) is 5.41 Å². The summed E-state index contributed by atoms with van der Waals surface area (Å²) in [7, 11) is 0. The lowest BCUT2D eigenvalue weighted by molar-refractivity contribution is 0.605. The molecule has 1 heterocycles. The number of nitrogens with one attached hydrogen (secondary N) is 2. The van der Waals surface area contributed by atoms with Gasteiger partial charge in [0, 0.05) is 24.2 Å². The van der Waals surface area contributed by atoms with Crippen LogP contribution < -0.4 is 10.7 Å². The van der Waals surface area contributed by atoms with Crippen LogP contribution in [-0.4, -0.2) is 16.0 Å². The Balaban J connectivity index is 1.72. The number of para-hydroxylation sites is 1. The lowest BCUT2D eigenvalue weighted by atomic mass is 10.1. The fourth-order valence-electron chi connectivity index (χ4n) is 3.05. The minimum absolute atomic E-state index is 0.112. The molecule has 28 heavy (non-hydrogen) atoms. The summed E-state index contributed by atoms with van der Waals surface area (Å²) in [6, 6.07) is 15.8. The van der Waals surface area contributed by atoms with Crippen LogP contribution in [0.25, 0.3) is 11.4 Å². The van der Waals surface area contributed by atoms with Crippen LogP contribution in [0.4, 0.5) is 10.1 Å². The summed E-state index contributed by atoms with van der Waals surface area (Å²) in [6.07, 6.45) is 6.18. The van der Waals surface area contributed by atoms with Gasteiger partial charge in [0.2, 0.25) is 5.43 Å². The van der Waals surface area contributed by atoms with Gasteiger partial charge in [-0.25, -0.2) is 9.07 Å². The average Bonchev–Trinajstić information content (AvgIpc) is 3.54. The highest BCUT2D eigenvalue weighted by molar-refractivity contribution is 5.86. The van der Waals surface area contributed by atoms with Gasteiger partial charge in [0.1, 0.15) is 11.5 Å². The van der Waals surface area contributed by atoms with Crippen LogP contribution in [-0.2, 0) is 0 Å². The third-order valence-corrected chi connectivity index (χ3v) is 4.63. The molecule has 0 atom stereocenters. The SMILES string of the molecule is N=C/C=C(\Nc1ccccc1)c1nn(-c2ccc(C3CC3)cc2F)ccc1=O. The maximum Gasteiger partial charge on any atom is 0.209 e. The van der Waals surface area contributed by atoms with Gasteiger partial charge in [-0.15, -0.1) is 0 Å². The quantitative estimate of drug-likeness (QED) is 0.630. The zero-order chi connectivity index (χ0) is 19.5. The molecule has 6 heteroatoms. The third-order valence-electron chi connectivity index (χ3n) is 4.63. The highest BCUT2D eigenvalue weighted by Gasteiger charge is 2.24. The van der Waals surface area contributed by atoms with Crippen molar-refractivity contribution < 1.29 is 4.39 Å². The van der Waals surface area contributed by atoms with E-state index in [4.69, 9.17) is 5.41 Å². The maximum atomic E-state index is 14.6. The number of halogens is 1. The smallest absolute Gasteiger partial charge is 0.209 e. The molecule has 0 amide bonds. The molecule has 1 aliphatic carbocycles. The molecule has 0 aliphatic heterocycles. The van der Waals surface area contributed by atoms with E-state index in [9.17, 15) is 9.18 Å². The standard InChI is InChI=1S/C22H19FN4O/c23-18-14-16(15-6-7-15)8-9-20(18)27-13-11-21(28)22(26-27)19(10-12-24)25-17-4-2-1-3-5-17/h1-5,8-15,24-25H,6-7H2/b19-10-,24-12?. The van der Waals surface area contributed by atoms with Crippen LogP contribution in [0.3, 0.4) is 0 Å².